The van der Waals surface area contributed by atoms with E-state index in [1.54, 1.807) is 12.4 Å². The number of nitro benzene ring substituents is 1. The Hall–Kier alpha value is -3.79. The molecular formula is C22H22N4O5S. The van der Waals surface area contributed by atoms with Crippen molar-refractivity contribution in [2.45, 2.75) is 27.4 Å². The van der Waals surface area contributed by atoms with Crippen LogP contribution in [0.2, 0.25) is 0 Å². The third-order valence-corrected chi connectivity index (χ3v) is 5.72. The summed E-state index contributed by atoms with van der Waals surface area (Å²) in [6, 6.07) is 9.77. The van der Waals surface area contributed by atoms with Crippen LogP contribution in [0.15, 0.2) is 41.8 Å². The van der Waals surface area contributed by atoms with E-state index >= 15 is 0 Å². The molecule has 0 aliphatic carbocycles. The summed E-state index contributed by atoms with van der Waals surface area (Å²) in [4.78, 5) is 41.2. The van der Waals surface area contributed by atoms with Crippen molar-refractivity contribution in [3.05, 3.63) is 74.3 Å². The zero-order valence-corrected chi connectivity index (χ0v) is 18.9. The highest BCUT2D eigenvalue weighted by atomic mass is 32.1. The largest absolute Gasteiger partial charge is 0.456 e. The topological polar surface area (TPSA) is 115 Å². The summed E-state index contributed by atoms with van der Waals surface area (Å²) in [6.45, 7) is 5.29. The van der Waals surface area contributed by atoms with E-state index in [0.717, 1.165) is 17.2 Å². The van der Waals surface area contributed by atoms with Gasteiger partial charge in [-0.1, -0.05) is 6.07 Å². The molecule has 1 heterocycles. The Morgan fingerprint density at radius 3 is 2.56 bits per heavy atom. The van der Waals surface area contributed by atoms with Crippen LogP contribution in [0.5, 0.6) is 0 Å². The van der Waals surface area contributed by atoms with E-state index in [0.29, 0.717) is 22.2 Å². The molecule has 0 saturated heterocycles. The van der Waals surface area contributed by atoms with E-state index in [2.05, 4.69) is 10.3 Å². The van der Waals surface area contributed by atoms with Crippen molar-refractivity contribution < 1.29 is 19.2 Å². The lowest BCUT2D eigenvalue weighted by Crippen LogP contribution is -2.22. The summed E-state index contributed by atoms with van der Waals surface area (Å²) in [5.41, 5.74) is 3.48. The van der Waals surface area contributed by atoms with E-state index in [-0.39, 0.29) is 23.8 Å². The first-order chi connectivity index (χ1) is 15.2. The number of hydrogen-bond donors (Lipinski definition) is 1. The summed E-state index contributed by atoms with van der Waals surface area (Å²) in [5, 5.41) is 16.1. The number of nitrogens with zero attached hydrogens (tertiary/aromatic N) is 3. The molecule has 10 heteroatoms. The lowest BCUT2D eigenvalue weighted by Gasteiger charge is -2.19. The summed E-state index contributed by atoms with van der Waals surface area (Å²) in [6.07, 6.45) is 0. The molecule has 32 heavy (non-hydrogen) atoms. The Morgan fingerprint density at radius 1 is 1.19 bits per heavy atom. The minimum Gasteiger partial charge on any atom is -0.456 e. The Bertz CT molecular complexity index is 1190. The minimum atomic E-state index is -0.706. The summed E-state index contributed by atoms with van der Waals surface area (Å²) < 4.78 is 5.28. The van der Waals surface area contributed by atoms with Gasteiger partial charge in [-0.25, -0.2) is 9.78 Å². The van der Waals surface area contributed by atoms with Gasteiger partial charge in [-0.05, 0) is 49.2 Å². The molecule has 0 fully saturated rings. The van der Waals surface area contributed by atoms with Gasteiger partial charge in [0, 0.05) is 25.4 Å². The SMILES string of the molecule is CNc1ccc(C(=O)OCc2csc(N(C(C)=O)c3ccc(C)c(C)c3)n2)cc1[N+](=O)[O-]. The number of nitrogens with one attached hydrogen (secondary N) is 1. The fraction of sp³-hybridized carbons (Fsp3) is 0.227. The van der Waals surface area contributed by atoms with E-state index in [9.17, 15) is 19.7 Å². The van der Waals surface area contributed by atoms with Gasteiger partial charge < -0.3 is 10.1 Å². The van der Waals surface area contributed by atoms with Crippen LogP contribution in [0.4, 0.5) is 22.2 Å². The molecule has 0 bridgehead atoms. The van der Waals surface area contributed by atoms with Crippen LogP contribution in [-0.2, 0) is 16.1 Å². The number of ether oxygens (including phenoxy) is 1. The van der Waals surface area contributed by atoms with Gasteiger partial charge in [0.05, 0.1) is 21.9 Å². The maximum atomic E-state index is 12.4. The smallest absolute Gasteiger partial charge is 0.338 e. The number of hydrogen-bond acceptors (Lipinski definition) is 8. The zero-order chi connectivity index (χ0) is 23.4. The van der Waals surface area contributed by atoms with Gasteiger partial charge in [0.2, 0.25) is 5.91 Å². The number of aryl methyl sites for hydroxylation is 2. The molecule has 3 aromatic rings. The predicted octanol–water partition coefficient (Wildman–Crippen LogP) is 4.75. The van der Waals surface area contributed by atoms with Crippen LogP contribution in [-0.4, -0.2) is 28.8 Å². The molecule has 1 aromatic heterocycles. The van der Waals surface area contributed by atoms with Crippen molar-refractivity contribution in [2.75, 3.05) is 17.3 Å². The van der Waals surface area contributed by atoms with Gasteiger partial charge in [-0.2, -0.15) is 0 Å². The van der Waals surface area contributed by atoms with Gasteiger partial charge in [-0.3, -0.25) is 19.8 Å². The number of amides is 1. The van der Waals surface area contributed by atoms with E-state index < -0.39 is 10.9 Å². The Morgan fingerprint density at radius 2 is 1.94 bits per heavy atom. The highest BCUT2D eigenvalue weighted by Gasteiger charge is 2.20. The number of carbonyl (C=O) groups is 2. The van der Waals surface area contributed by atoms with E-state index in [4.69, 9.17) is 4.74 Å². The average molecular weight is 455 g/mol. The number of thiazole rings is 1. The predicted molar refractivity (Wildman–Crippen MR) is 123 cm³/mol. The van der Waals surface area contributed by atoms with E-state index in [1.165, 1.54) is 35.3 Å². The third-order valence-electron chi connectivity index (χ3n) is 4.85. The number of nitro groups is 1. The van der Waals surface area contributed by atoms with Gasteiger partial charge in [0.15, 0.2) is 5.13 Å². The molecule has 0 saturated carbocycles. The van der Waals surface area contributed by atoms with Crippen LogP contribution in [0, 0.1) is 24.0 Å². The van der Waals surface area contributed by atoms with Crippen molar-refractivity contribution in [1.29, 1.82) is 0 Å². The first kappa shape index (κ1) is 22.9. The van der Waals surface area contributed by atoms with Gasteiger partial charge >= 0.3 is 5.97 Å². The second kappa shape index (κ2) is 9.56. The molecule has 1 amide bonds. The highest BCUT2D eigenvalue weighted by molar-refractivity contribution is 7.14. The van der Waals surface area contributed by atoms with Gasteiger partial charge in [0.1, 0.15) is 12.3 Å². The molecule has 9 nitrogen and oxygen atoms in total. The Balaban J connectivity index is 1.75. The first-order valence-electron chi connectivity index (χ1n) is 9.67. The quantitative estimate of drug-likeness (QED) is 0.311. The number of benzene rings is 2. The molecule has 3 rings (SSSR count). The number of aromatic nitrogens is 1. The van der Waals surface area contributed by atoms with Crippen molar-refractivity contribution >= 4 is 45.4 Å². The third kappa shape index (κ3) is 4.92. The van der Waals surface area contributed by atoms with Crippen molar-refractivity contribution in [2.24, 2.45) is 0 Å². The summed E-state index contributed by atoms with van der Waals surface area (Å²) in [7, 11) is 1.56. The maximum absolute atomic E-state index is 12.4. The second-order valence-corrected chi connectivity index (χ2v) is 7.90. The van der Waals surface area contributed by atoms with Crippen LogP contribution < -0.4 is 10.2 Å². The van der Waals surface area contributed by atoms with Gasteiger partial charge in [-0.15, -0.1) is 11.3 Å². The lowest BCUT2D eigenvalue weighted by molar-refractivity contribution is -0.384. The number of carbonyl (C=O) groups excluding carboxylic acids is 2. The fourth-order valence-corrected chi connectivity index (χ4v) is 3.87. The molecular weight excluding hydrogens is 432 g/mol. The van der Waals surface area contributed by atoms with Crippen molar-refractivity contribution in [3.63, 3.8) is 0 Å². The van der Waals surface area contributed by atoms with Crippen LogP contribution in [0.25, 0.3) is 0 Å². The first-order valence-corrected chi connectivity index (χ1v) is 10.5. The monoisotopic (exact) mass is 454 g/mol. The molecule has 0 unspecified atom stereocenters. The molecule has 1 N–H and O–H groups in total. The normalized spacial score (nSPS) is 10.5. The average Bonchev–Trinajstić information content (AvgIpc) is 3.22. The Kier molecular flexibility index (Phi) is 6.84. The van der Waals surface area contributed by atoms with Crippen molar-refractivity contribution in [1.82, 2.24) is 4.98 Å². The minimum absolute atomic E-state index is 0.0617. The lowest BCUT2D eigenvalue weighted by atomic mass is 10.1. The Labute approximate surface area is 188 Å². The number of rotatable bonds is 7. The van der Waals surface area contributed by atoms with Crippen LogP contribution >= 0.6 is 11.3 Å². The summed E-state index contributed by atoms with van der Waals surface area (Å²) >= 11 is 1.25. The van der Waals surface area contributed by atoms with Crippen LogP contribution in [0.1, 0.15) is 34.1 Å². The molecule has 0 atom stereocenters. The molecule has 2 aromatic carbocycles. The standard InChI is InChI=1S/C22H22N4O5S/c1-13-5-7-18(9-14(13)2)25(15(3)27)22-24-17(12-32-22)11-31-21(28)16-6-8-19(23-4)20(10-16)26(29)30/h5-10,12,23H,11H2,1-4H3. The summed E-state index contributed by atoms with van der Waals surface area (Å²) in [5.74, 6) is -0.897. The number of anilines is 3. The number of esters is 1. The highest BCUT2D eigenvalue weighted by Crippen LogP contribution is 2.31. The molecule has 0 aliphatic heterocycles. The second-order valence-electron chi connectivity index (χ2n) is 7.06. The zero-order valence-electron chi connectivity index (χ0n) is 18.0. The van der Waals surface area contributed by atoms with Gasteiger partial charge in [0.25, 0.3) is 5.69 Å². The van der Waals surface area contributed by atoms with Crippen molar-refractivity contribution in [3.8, 4) is 0 Å². The maximum Gasteiger partial charge on any atom is 0.338 e. The molecule has 0 aliphatic rings. The van der Waals surface area contributed by atoms with Crippen LogP contribution in [0.3, 0.4) is 0 Å². The molecule has 0 radical (unpaired) electrons. The molecule has 166 valence electrons. The van der Waals surface area contributed by atoms with E-state index in [1.807, 2.05) is 32.0 Å². The molecule has 0 spiro atoms. The fourth-order valence-electron chi connectivity index (χ4n) is 3.00.